The second kappa shape index (κ2) is 4.86. The summed E-state index contributed by atoms with van der Waals surface area (Å²) < 4.78 is -1.39. The van der Waals surface area contributed by atoms with Crippen LogP contribution in [0.25, 0.3) is 0 Å². The Morgan fingerprint density at radius 1 is 0.857 bits per heavy atom. The number of rotatable bonds is 1. The Hall–Kier alpha value is 0.960. The van der Waals surface area contributed by atoms with Gasteiger partial charge in [-0.25, -0.2) is 0 Å². The van der Waals surface area contributed by atoms with Crippen LogP contribution in [0.15, 0.2) is 12.1 Å². The van der Waals surface area contributed by atoms with Crippen LogP contribution in [-0.2, 0) is 6.42 Å². The van der Waals surface area contributed by atoms with Gasteiger partial charge in [-0.2, -0.15) is 0 Å². The molecule has 0 radical (unpaired) electrons. The van der Waals surface area contributed by atoms with Crippen molar-refractivity contribution < 1.29 is 0 Å². The van der Waals surface area contributed by atoms with Gasteiger partial charge in [-0.1, -0.05) is 69.6 Å². The minimum atomic E-state index is -1.39. The highest BCUT2D eigenvalue weighted by Gasteiger charge is 2.22. The van der Waals surface area contributed by atoms with E-state index in [1.54, 1.807) is 6.07 Å². The van der Waals surface area contributed by atoms with Crippen LogP contribution in [0.1, 0.15) is 5.56 Å². The van der Waals surface area contributed by atoms with Gasteiger partial charge >= 0.3 is 0 Å². The average molecular weight is 313 g/mol. The van der Waals surface area contributed by atoms with Crippen molar-refractivity contribution in [3.8, 4) is 0 Å². The van der Waals surface area contributed by atoms with Crippen LogP contribution in [0.3, 0.4) is 0 Å². The van der Waals surface area contributed by atoms with Gasteiger partial charge < -0.3 is 0 Å². The fourth-order valence-corrected chi connectivity index (χ4v) is 1.98. The van der Waals surface area contributed by atoms with Crippen LogP contribution >= 0.6 is 69.6 Å². The lowest BCUT2D eigenvalue weighted by Gasteiger charge is -2.12. The van der Waals surface area contributed by atoms with Gasteiger partial charge in [0.25, 0.3) is 0 Å². The van der Waals surface area contributed by atoms with Crippen molar-refractivity contribution in [2.75, 3.05) is 0 Å². The topological polar surface area (TPSA) is 0 Å². The van der Waals surface area contributed by atoms with Crippen molar-refractivity contribution in [3.63, 3.8) is 0 Å². The van der Waals surface area contributed by atoms with Crippen molar-refractivity contribution in [1.82, 2.24) is 0 Å². The van der Waals surface area contributed by atoms with Crippen LogP contribution in [0.5, 0.6) is 0 Å². The largest absolute Gasteiger partial charge is 0.194 e. The van der Waals surface area contributed by atoms with Crippen LogP contribution in [0.2, 0.25) is 15.1 Å². The van der Waals surface area contributed by atoms with E-state index in [0.717, 1.165) is 0 Å². The molecule has 0 aliphatic carbocycles. The molecule has 0 atom stereocenters. The van der Waals surface area contributed by atoms with Gasteiger partial charge in [-0.3, -0.25) is 0 Å². The van der Waals surface area contributed by atoms with Crippen molar-refractivity contribution in [3.05, 3.63) is 32.8 Å². The smallest absolute Gasteiger partial charge is 0.0840 e. The summed E-state index contributed by atoms with van der Waals surface area (Å²) in [6, 6.07) is 3.12. The molecule has 0 amide bonds. The van der Waals surface area contributed by atoms with Crippen LogP contribution < -0.4 is 0 Å². The van der Waals surface area contributed by atoms with Crippen LogP contribution in [0.4, 0.5) is 0 Å². The van der Waals surface area contributed by atoms with E-state index in [1.165, 1.54) is 6.07 Å². The molecule has 0 spiro atoms. The Balaban J connectivity index is 3.04. The first-order chi connectivity index (χ1) is 6.29. The molecule has 0 aliphatic heterocycles. The zero-order valence-corrected chi connectivity index (χ0v) is 11.2. The summed E-state index contributed by atoms with van der Waals surface area (Å²) in [4.78, 5) is 0. The number of hydrogen-bond donors (Lipinski definition) is 0. The zero-order valence-electron chi connectivity index (χ0n) is 6.63. The predicted molar refractivity (Wildman–Crippen MR) is 65.5 cm³/mol. The SMILES string of the molecule is Clc1cc(Cl)c(CC(Cl)(Cl)Cl)cc1Cl. The van der Waals surface area contributed by atoms with Gasteiger partial charge in [0.05, 0.1) is 10.0 Å². The Kier molecular flexibility index (Phi) is 4.52. The maximum absolute atomic E-state index is 5.89. The van der Waals surface area contributed by atoms with E-state index < -0.39 is 3.79 Å². The molecule has 1 rings (SSSR count). The Morgan fingerprint density at radius 2 is 1.36 bits per heavy atom. The van der Waals surface area contributed by atoms with Gasteiger partial charge in [0.1, 0.15) is 0 Å². The summed E-state index contributed by atoms with van der Waals surface area (Å²) in [5.74, 6) is 0. The summed E-state index contributed by atoms with van der Waals surface area (Å²) in [6.07, 6.45) is 0.188. The Bertz CT molecular complexity index is 340. The third-order valence-electron chi connectivity index (χ3n) is 1.48. The number of benzene rings is 1. The number of alkyl halides is 3. The third kappa shape index (κ3) is 3.84. The zero-order chi connectivity index (χ0) is 10.9. The summed E-state index contributed by atoms with van der Waals surface area (Å²) in [5.41, 5.74) is 0.654. The van der Waals surface area contributed by atoms with Crippen molar-refractivity contribution in [2.24, 2.45) is 0 Å². The maximum atomic E-state index is 5.89. The van der Waals surface area contributed by atoms with E-state index in [9.17, 15) is 0 Å². The second-order valence-corrected chi connectivity index (χ2v) is 6.39. The first-order valence-electron chi connectivity index (χ1n) is 3.50. The summed E-state index contributed by atoms with van der Waals surface area (Å²) in [5, 5.41) is 1.20. The molecule has 14 heavy (non-hydrogen) atoms. The Morgan fingerprint density at radius 3 is 1.86 bits per heavy atom. The van der Waals surface area contributed by atoms with Gasteiger partial charge in [0.15, 0.2) is 3.79 Å². The number of halogens is 6. The summed E-state index contributed by atoms with van der Waals surface area (Å²) in [6.45, 7) is 0. The lowest BCUT2D eigenvalue weighted by atomic mass is 10.2. The molecule has 0 bridgehead atoms. The molecular weight excluding hydrogens is 309 g/mol. The number of hydrogen-bond acceptors (Lipinski definition) is 0. The lowest BCUT2D eigenvalue weighted by molar-refractivity contribution is 1.02. The van der Waals surface area contributed by atoms with Gasteiger partial charge in [0, 0.05) is 11.4 Å². The van der Waals surface area contributed by atoms with Gasteiger partial charge in [-0.15, -0.1) is 0 Å². The van der Waals surface area contributed by atoms with Crippen molar-refractivity contribution in [2.45, 2.75) is 10.2 Å². The molecule has 0 heterocycles. The third-order valence-corrected chi connectivity index (χ3v) is 2.96. The van der Waals surface area contributed by atoms with Gasteiger partial charge in [0.2, 0.25) is 0 Å². The van der Waals surface area contributed by atoms with Gasteiger partial charge in [-0.05, 0) is 17.7 Å². The molecule has 1 aromatic carbocycles. The highest BCUT2D eigenvalue weighted by atomic mass is 35.6. The molecule has 6 heteroatoms. The molecule has 1 aromatic rings. The molecule has 0 N–H and O–H groups in total. The molecule has 0 aliphatic rings. The monoisotopic (exact) mass is 310 g/mol. The van der Waals surface area contributed by atoms with E-state index >= 15 is 0 Å². The maximum Gasteiger partial charge on any atom is 0.194 e. The molecule has 0 saturated heterocycles. The highest BCUT2D eigenvalue weighted by molar-refractivity contribution is 6.67. The molecule has 78 valence electrons. The fraction of sp³-hybridized carbons (Fsp3) is 0.250. The first kappa shape index (κ1) is 13.0. The minimum Gasteiger partial charge on any atom is -0.0840 e. The van der Waals surface area contributed by atoms with E-state index in [4.69, 9.17) is 69.6 Å². The van der Waals surface area contributed by atoms with Crippen LogP contribution in [0, 0.1) is 0 Å². The predicted octanol–water partition coefficient (Wildman–Crippen LogP) is 5.56. The first-order valence-corrected chi connectivity index (χ1v) is 5.76. The molecule has 0 nitrogen and oxygen atoms in total. The Labute approximate surface area is 112 Å². The standard InChI is InChI=1S/C8H4Cl6/c9-5-2-7(11)6(10)1-4(5)3-8(12,13)14/h1-2H,3H2. The molecule has 0 unspecified atom stereocenters. The quantitative estimate of drug-likeness (QED) is 0.470. The molecular formula is C8H4Cl6. The van der Waals surface area contributed by atoms with E-state index in [0.29, 0.717) is 20.6 Å². The molecule has 0 aromatic heterocycles. The second-order valence-electron chi connectivity index (χ2n) is 2.65. The fourth-order valence-electron chi connectivity index (χ4n) is 0.915. The van der Waals surface area contributed by atoms with Crippen molar-refractivity contribution in [1.29, 1.82) is 0 Å². The summed E-state index contributed by atoms with van der Waals surface area (Å²) in [7, 11) is 0. The highest BCUT2D eigenvalue weighted by Crippen LogP contribution is 2.36. The van der Waals surface area contributed by atoms with Crippen molar-refractivity contribution >= 4 is 69.6 Å². The average Bonchev–Trinajstić information content (AvgIpc) is 1.97. The summed E-state index contributed by atoms with van der Waals surface area (Å²) >= 11 is 34.3. The van der Waals surface area contributed by atoms with E-state index in [1.807, 2.05) is 0 Å². The van der Waals surface area contributed by atoms with E-state index in [-0.39, 0.29) is 6.42 Å². The molecule has 0 saturated carbocycles. The molecule has 0 fully saturated rings. The lowest BCUT2D eigenvalue weighted by Crippen LogP contribution is -2.07. The minimum absolute atomic E-state index is 0.188. The van der Waals surface area contributed by atoms with E-state index in [2.05, 4.69) is 0 Å². The normalized spacial score (nSPS) is 11.9. The van der Waals surface area contributed by atoms with Crippen LogP contribution in [-0.4, -0.2) is 3.79 Å².